The molecule has 5 nitrogen and oxygen atoms in total. The number of amides is 1. The minimum absolute atomic E-state index is 0.302. The fourth-order valence-corrected chi connectivity index (χ4v) is 4.47. The number of hydrogen-bond acceptors (Lipinski definition) is 4. The molecule has 5 heteroatoms. The van der Waals surface area contributed by atoms with Crippen molar-refractivity contribution in [2.45, 2.75) is 52.0 Å². The number of pyridine rings is 1. The summed E-state index contributed by atoms with van der Waals surface area (Å²) in [5.74, 6) is 1.37. The van der Waals surface area contributed by atoms with Crippen LogP contribution in [0.5, 0.6) is 0 Å². The van der Waals surface area contributed by atoms with Gasteiger partial charge in [-0.15, -0.1) is 0 Å². The first-order valence-corrected chi connectivity index (χ1v) is 10.1. The van der Waals surface area contributed by atoms with Gasteiger partial charge in [0.05, 0.1) is 0 Å². The lowest BCUT2D eigenvalue weighted by molar-refractivity contribution is -0.139. The zero-order valence-electron chi connectivity index (χ0n) is 16.7. The standard InChI is InChI=1S/C21H34N4O/c1-4-5-13-25-17-21(11-9-20(25)26)10-6-12-24(16-21)15-18-7-8-19(22-14-18)23(2)3/h7-8,14H,4-6,9-13,15-17H2,1-3H3/t21-/m0/s1. The molecule has 1 aromatic rings. The van der Waals surface area contributed by atoms with Crippen molar-refractivity contribution in [3.05, 3.63) is 23.9 Å². The van der Waals surface area contributed by atoms with E-state index in [2.05, 4.69) is 33.8 Å². The van der Waals surface area contributed by atoms with E-state index in [1.54, 1.807) is 0 Å². The van der Waals surface area contributed by atoms with Crippen LogP contribution < -0.4 is 4.90 Å². The molecular formula is C21H34N4O. The van der Waals surface area contributed by atoms with Gasteiger partial charge >= 0.3 is 0 Å². The highest BCUT2D eigenvalue weighted by Crippen LogP contribution is 2.39. The maximum absolute atomic E-state index is 12.3. The first-order valence-electron chi connectivity index (χ1n) is 10.1. The van der Waals surface area contributed by atoms with Crippen LogP contribution in [-0.4, -0.2) is 61.0 Å². The van der Waals surface area contributed by atoms with E-state index in [0.29, 0.717) is 11.3 Å². The normalized spacial score (nSPS) is 24.3. The molecule has 2 fully saturated rings. The van der Waals surface area contributed by atoms with Gasteiger partial charge in [-0.05, 0) is 43.9 Å². The minimum atomic E-state index is 0.302. The first kappa shape index (κ1) is 19.2. The number of nitrogens with zero attached hydrogens (tertiary/aromatic N) is 4. The minimum Gasteiger partial charge on any atom is -0.363 e. The van der Waals surface area contributed by atoms with Gasteiger partial charge in [-0.3, -0.25) is 9.69 Å². The molecule has 2 aliphatic heterocycles. The van der Waals surface area contributed by atoms with Crippen molar-refractivity contribution in [2.24, 2.45) is 5.41 Å². The van der Waals surface area contributed by atoms with E-state index < -0.39 is 0 Å². The molecule has 1 amide bonds. The van der Waals surface area contributed by atoms with E-state index in [9.17, 15) is 4.79 Å². The molecule has 3 rings (SSSR count). The zero-order valence-corrected chi connectivity index (χ0v) is 16.7. The number of piperidine rings is 2. The third kappa shape index (κ3) is 4.56. The van der Waals surface area contributed by atoms with Crippen molar-refractivity contribution < 1.29 is 4.79 Å². The van der Waals surface area contributed by atoms with E-state index in [-0.39, 0.29) is 0 Å². The van der Waals surface area contributed by atoms with Gasteiger partial charge in [0.25, 0.3) is 0 Å². The van der Waals surface area contributed by atoms with E-state index in [4.69, 9.17) is 0 Å². The van der Waals surface area contributed by atoms with Gasteiger partial charge in [0.2, 0.25) is 5.91 Å². The van der Waals surface area contributed by atoms with Crippen molar-refractivity contribution in [3.8, 4) is 0 Å². The van der Waals surface area contributed by atoms with Crippen LogP contribution in [0.2, 0.25) is 0 Å². The Hall–Kier alpha value is -1.62. The molecule has 26 heavy (non-hydrogen) atoms. The number of likely N-dealkylation sites (tertiary alicyclic amines) is 2. The van der Waals surface area contributed by atoms with Gasteiger partial charge in [0.15, 0.2) is 0 Å². The van der Waals surface area contributed by atoms with Gasteiger partial charge in [-0.25, -0.2) is 4.98 Å². The summed E-state index contributed by atoms with van der Waals surface area (Å²) >= 11 is 0. The molecule has 0 saturated carbocycles. The van der Waals surface area contributed by atoms with Crippen LogP contribution in [0.1, 0.15) is 51.0 Å². The Morgan fingerprint density at radius 2 is 2.08 bits per heavy atom. The number of anilines is 1. The van der Waals surface area contributed by atoms with Crippen LogP contribution in [0.15, 0.2) is 18.3 Å². The number of hydrogen-bond donors (Lipinski definition) is 0. The molecule has 1 spiro atoms. The predicted octanol–water partition coefficient (Wildman–Crippen LogP) is 3.15. The van der Waals surface area contributed by atoms with Crippen LogP contribution in [0.3, 0.4) is 0 Å². The summed E-state index contributed by atoms with van der Waals surface area (Å²) in [5, 5.41) is 0. The topological polar surface area (TPSA) is 39.7 Å². The van der Waals surface area contributed by atoms with E-state index in [0.717, 1.165) is 64.2 Å². The quantitative estimate of drug-likeness (QED) is 0.783. The SMILES string of the molecule is CCCCN1C[C@@]2(CCCN(Cc3ccc(N(C)C)nc3)C2)CCC1=O. The highest BCUT2D eigenvalue weighted by molar-refractivity contribution is 5.77. The number of carbonyl (C=O) groups excluding carboxylic acids is 1. The van der Waals surface area contributed by atoms with Gasteiger partial charge in [0, 0.05) is 58.3 Å². The molecule has 0 unspecified atom stereocenters. The fraction of sp³-hybridized carbons (Fsp3) is 0.714. The Kier molecular flexibility index (Phi) is 6.17. The van der Waals surface area contributed by atoms with E-state index >= 15 is 0 Å². The van der Waals surface area contributed by atoms with Crippen LogP contribution in [0.25, 0.3) is 0 Å². The maximum Gasteiger partial charge on any atom is 0.222 e. The highest BCUT2D eigenvalue weighted by atomic mass is 16.2. The monoisotopic (exact) mass is 358 g/mol. The second-order valence-corrected chi connectivity index (χ2v) is 8.40. The van der Waals surface area contributed by atoms with Gasteiger partial charge in [0.1, 0.15) is 5.82 Å². The van der Waals surface area contributed by atoms with Crippen molar-refractivity contribution in [2.75, 3.05) is 45.2 Å². The second-order valence-electron chi connectivity index (χ2n) is 8.40. The third-order valence-corrected chi connectivity index (χ3v) is 5.94. The molecule has 144 valence electrons. The molecule has 0 N–H and O–H groups in total. The Morgan fingerprint density at radius 1 is 1.23 bits per heavy atom. The molecule has 1 aromatic heterocycles. The van der Waals surface area contributed by atoms with E-state index in [1.165, 1.54) is 18.4 Å². The smallest absolute Gasteiger partial charge is 0.222 e. The van der Waals surface area contributed by atoms with Crippen LogP contribution in [0, 0.1) is 5.41 Å². The molecule has 0 aromatic carbocycles. The van der Waals surface area contributed by atoms with Crippen LogP contribution >= 0.6 is 0 Å². The summed E-state index contributed by atoms with van der Waals surface area (Å²) in [6.07, 6.45) is 8.57. The maximum atomic E-state index is 12.3. The van der Waals surface area contributed by atoms with Crippen LogP contribution in [-0.2, 0) is 11.3 Å². The summed E-state index contributed by atoms with van der Waals surface area (Å²) in [7, 11) is 4.04. The van der Waals surface area contributed by atoms with Gasteiger partial charge in [-0.2, -0.15) is 0 Å². The highest BCUT2D eigenvalue weighted by Gasteiger charge is 2.41. The van der Waals surface area contributed by atoms with Gasteiger partial charge < -0.3 is 9.80 Å². The average Bonchev–Trinajstić information content (AvgIpc) is 2.63. The lowest BCUT2D eigenvalue weighted by Gasteiger charge is -2.48. The second kappa shape index (κ2) is 8.38. The Morgan fingerprint density at radius 3 is 2.77 bits per heavy atom. The van der Waals surface area contributed by atoms with Crippen molar-refractivity contribution >= 4 is 11.7 Å². The van der Waals surface area contributed by atoms with Crippen molar-refractivity contribution in [1.29, 1.82) is 0 Å². The lowest BCUT2D eigenvalue weighted by Crippen LogP contribution is -2.53. The summed E-state index contributed by atoms with van der Waals surface area (Å²) < 4.78 is 0. The zero-order chi connectivity index (χ0) is 18.6. The molecule has 0 bridgehead atoms. The summed E-state index contributed by atoms with van der Waals surface area (Å²) in [6.45, 7) is 7.32. The number of aromatic nitrogens is 1. The number of rotatable bonds is 6. The number of carbonyl (C=O) groups is 1. The molecule has 1 atom stereocenters. The summed E-state index contributed by atoms with van der Waals surface area (Å²) in [5.41, 5.74) is 1.58. The first-order chi connectivity index (χ1) is 12.5. The Labute approximate surface area is 158 Å². The molecule has 3 heterocycles. The molecule has 2 aliphatic rings. The molecule has 0 aliphatic carbocycles. The molecule has 0 radical (unpaired) electrons. The Bertz CT molecular complexity index is 601. The molecular weight excluding hydrogens is 324 g/mol. The summed E-state index contributed by atoms with van der Waals surface area (Å²) in [6, 6.07) is 4.29. The lowest BCUT2D eigenvalue weighted by atomic mass is 9.73. The van der Waals surface area contributed by atoms with Crippen molar-refractivity contribution in [3.63, 3.8) is 0 Å². The summed E-state index contributed by atoms with van der Waals surface area (Å²) in [4.78, 5) is 23.6. The van der Waals surface area contributed by atoms with Crippen LogP contribution in [0.4, 0.5) is 5.82 Å². The van der Waals surface area contributed by atoms with E-state index in [1.807, 2.05) is 25.2 Å². The third-order valence-electron chi connectivity index (χ3n) is 5.94. The van der Waals surface area contributed by atoms with Gasteiger partial charge in [-0.1, -0.05) is 19.4 Å². The number of unbranched alkanes of at least 4 members (excludes halogenated alkanes) is 1. The molecule has 2 saturated heterocycles. The van der Waals surface area contributed by atoms with Crippen molar-refractivity contribution in [1.82, 2.24) is 14.8 Å². The fourth-order valence-electron chi connectivity index (χ4n) is 4.47. The predicted molar refractivity (Wildman–Crippen MR) is 106 cm³/mol. The average molecular weight is 359 g/mol. The largest absolute Gasteiger partial charge is 0.363 e. The Balaban J connectivity index is 1.62.